The second-order valence-corrected chi connectivity index (χ2v) is 3.66. The Labute approximate surface area is 97.0 Å². The predicted octanol–water partition coefficient (Wildman–Crippen LogP) is 1.59. The summed E-state index contributed by atoms with van der Waals surface area (Å²) < 4.78 is 0. The van der Waals surface area contributed by atoms with Crippen molar-refractivity contribution in [3.63, 3.8) is 0 Å². The van der Waals surface area contributed by atoms with Gasteiger partial charge in [0.1, 0.15) is 0 Å². The molecule has 0 unspecified atom stereocenters. The highest BCUT2D eigenvalue weighted by Gasteiger charge is 2.34. The SMILES string of the molecule is C=C[C@@]1(O)CC(c2cccc([N+](=O)[O-])c2)=NO1. The van der Waals surface area contributed by atoms with Crippen LogP contribution in [0.4, 0.5) is 5.69 Å². The maximum atomic E-state index is 10.6. The summed E-state index contributed by atoms with van der Waals surface area (Å²) in [5.41, 5.74) is 0.979. The third-order valence-corrected chi connectivity index (χ3v) is 2.44. The van der Waals surface area contributed by atoms with Crippen LogP contribution in [0, 0.1) is 10.1 Å². The van der Waals surface area contributed by atoms with E-state index in [2.05, 4.69) is 11.7 Å². The third kappa shape index (κ3) is 2.16. The highest BCUT2D eigenvalue weighted by molar-refractivity contribution is 6.02. The molecule has 17 heavy (non-hydrogen) atoms. The van der Waals surface area contributed by atoms with Gasteiger partial charge in [0, 0.05) is 17.7 Å². The van der Waals surface area contributed by atoms with E-state index in [1.165, 1.54) is 18.2 Å². The molecule has 1 N–H and O–H groups in total. The average molecular weight is 234 g/mol. The molecular weight excluding hydrogens is 224 g/mol. The van der Waals surface area contributed by atoms with Crippen molar-refractivity contribution in [2.45, 2.75) is 12.2 Å². The fourth-order valence-electron chi connectivity index (χ4n) is 1.50. The first-order chi connectivity index (χ1) is 8.04. The second-order valence-electron chi connectivity index (χ2n) is 3.66. The molecule has 0 bridgehead atoms. The van der Waals surface area contributed by atoms with Crippen molar-refractivity contribution in [3.8, 4) is 0 Å². The van der Waals surface area contributed by atoms with Gasteiger partial charge < -0.3 is 9.94 Å². The molecule has 0 radical (unpaired) electrons. The van der Waals surface area contributed by atoms with Crippen LogP contribution in [0.3, 0.4) is 0 Å². The number of nitrogens with zero attached hydrogens (tertiary/aromatic N) is 2. The van der Waals surface area contributed by atoms with Gasteiger partial charge in [-0.2, -0.15) is 0 Å². The molecule has 2 rings (SSSR count). The maximum absolute atomic E-state index is 10.6. The molecule has 6 nitrogen and oxygen atoms in total. The molecule has 1 atom stereocenters. The Kier molecular flexibility index (Phi) is 2.64. The molecule has 1 aromatic rings. The fourth-order valence-corrected chi connectivity index (χ4v) is 1.50. The summed E-state index contributed by atoms with van der Waals surface area (Å²) in [6, 6.07) is 6.00. The van der Waals surface area contributed by atoms with Gasteiger partial charge in [-0.1, -0.05) is 23.9 Å². The van der Waals surface area contributed by atoms with Crippen LogP contribution in [0.25, 0.3) is 0 Å². The van der Waals surface area contributed by atoms with E-state index in [0.717, 1.165) is 0 Å². The molecule has 1 aliphatic rings. The summed E-state index contributed by atoms with van der Waals surface area (Å²) in [7, 11) is 0. The highest BCUT2D eigenvalue weighted by Crippen LogP contribution is 2.26. The van der Waals surface area contributed by atoms with Crippen molar-refractivity contribution in [3.05, 3.63) is 52.6 Å². The standard InChI is InChI=1S/C11H10N2O4/c1-2-11(14)7-10(12-17-11)8-4-3-5-9(6-8)13(15)16/h2-6,14H,1,7H2/t11-/m0/s1. The third-order valence-electron chi connectivity index (χ3n) is 2.44. The lowest BCUT2D eigenvalue weighted by Gasteiger charge is -2.13. The quantitative estimate of drug-likeness (QED) is 0.489. The highest BCUT2D eigenvalue weighted by atomic mass is 16.7. The molecule has 0 spiro atoms. The Morgan fingerprint density at radius 3 is 3.00 bits per heavy atom. The number of nitro benzene ring substituents is 1. The topological polar surface area (TPSA) is 85.0 Å². The lowest BCUT2D eigenvalue weighted by Crippen LogP contribution is -2.25. The largest absolute Gasteiger partial charge is 0.355 e. The number of rotatable bonds is 3. The number of benzene rings is 1. The molecule has 0 aromatic heterocycles. The molecule has 0 saturated carbocycles. The van der Waals surface area contributed by atoms with Crippen LogP contribution in [0.5, 0.6) is 0 Å². The van der Waals surface area contributed by atoms with Crippen molar-refractivity contribution < 1.29 is 14.9 Å². The van der Waals surface area contributed by atoms with Crippen molar-refractivity contribution in [2.24, 2.45) is 5.16 Å². The zero-order valence-corrected chi connectivity index (χ0v) is 8.87. The summed E-state index contributed by atoms with van der Waals surface area (Å²) in [6.45, 7) is 3.43. The molecule has 0 saturated heterocycles. The summed E-state index contributed by atoms with van der Waals surface area (Å²) in [6.07, 6.45) is 1.36. The first-order valence-electron chi connectivity index (χ1n) is 4.90. The number of non-ortho nitro benzene ring substituents is 1. The van der Waals surface area contributed by atoms with E-state index in [4.69, 9.17) is 4.84 Å². The van der Waals surface area contributed by atoms with Crippen LogP contribution < -0.4 is 0 Å². The van der Waals surface area contributed by atoms with Crippen molar-refractivity contribution >= 4 is 11.4 Å². The number of hydrogen-bond donors (Lipinski definition) is 1. The van der Waals surface area contributed by atoms with E-state index < -0.39 is 10.7 Å². The zero-order valence-electron chi connectivity index (χ0n) is 8.87. The monoisotopic (exact) mass is 234 g/mol. The van der Waals surface area contributed by atoms with Crippen LogP contribution in [-0.2, 0) is 4.84 Å². The second kappa shape index (κ2) is 3.99. The summed E-state index contributed by atoms with van der Waals surface area (Å²) >= 11 is 0. The summed E-state index contributed by atoms with van der Waals surface area (Å²) in [5, 5.41) is 24.0. The number of hydrogen-bond acceptors (Lipinski definition) is 5. The van der Waals surface area contributed by atoms with Crippen LogP contribution in [0.1, 0.15) is 12.0 Å². The lowest BCUT2D eigenvalue weighted by molar-refractivity contribution is -0.384. The van der Waals surface area contributed by atoms with Crippen LogP contribution in [0.2, 0.25) is 0 Å². The van der Waals surface area contributed by atoms with Gasteiger partial charge in [-0.15, -0.1) is 0 Å². The molecule has 88 valence electrons. The van der Waals surface area contributed by atoms with E-state index in [-0.39, 0.29) is 12.1 Å². The first-order valence-corrected chi connectivity index (χ1v) is 4.90. The van der Waals surface area contributed by atoms with Gasteiger partial charge in [0.05, 0.1) is 17.1 Å². The van der Waals surface area contributed by atoms with Gasteiger partial charge in [0.15, 0.2) is 0 Å². The molecule has 0 aliphatic carbocycles. The van der Waals surface area contributed by atoms with E-state index in [1.54, 1.807) is 12.1 Å². The van der Waals surface area contributed by atoms with Gasteiger partial charge in [0.2, 0.25) is 0 Å². The summed E-state index contributed by atoms with van der Waals surface area (Å²) in [4.78, 5) is 14.9. The van der Waals surface area contributed by atoms with Crippen molar-refractivity contribution in [1.29, 1.82) is 0 Å². The van der Waals surface area contributed by atoms with Gasteiger partial charge in [0.25, 0.3) is 11.5 Å². The van der Waals surface area contributed by atoms with Crippen LogP contribution in [-0.4, -0.2) is 21.5 Å². The minimum absolute atomic E-state index is 0.0285. The van der Waals surface area contributed by atoms with Gasteiger partial charge in [-0.05, 0) is 6.08 Å². The van der Waals surface area contributed by atoms with Crippen LogP contribution >= 0.6 is 0 Å². The van der Waals surface area contributed by atoms with E-state index in [1.807, 2.05) is 0 Å². The molecule has 0 fully saturated rings. The minimum atomic E-state index is -1.51. The predicted molar refractivity (Wildman–Crippen MR) is 60.5 cm³/mol. The Bertz CT molecular complexity index is 512. The lowest BCUT2D eigenvalue weighted by atomic mass is 10.0. The Morgan fingerprint density at radius 1 is 1.65 bits per heavy atom. The van der Waals surface area contributed by atoms with Gasteiger partial charge >= 0.3 is 0 Å². The molecule has 1 heterocycles. The van der Waals surface area contributed by atoms with E-state index in [0.29, 0.717) is 11.3 Å². The van der Waals surface area contributed by atoms with Gasteiger partial charge in [-0.25, -0.2) is 0 Å². The van der Waals surface area contributed by atoms with E-state index >= 15 is 0 Å². The van der Waals surface area contributed by atoms with E-state index in [9.17, 15) is 15.2 Å². The fraction of sp³-hybridized carbons (Fsp3) is 0.182. The van der Waals surface area contributed by atoms with Crippen molar-refractivity contribution in [1.82, 2.24) is 0 Å². The summed E-state index contributed by atoms with van der Waals surface area (Å²) in [5.74, 6) is -1.51. The number of aliphatic hydroxyl groups is 1. The molecule has 0 amide bonds. The van der Waals surface area contributed by atoms with Gasteiger partial charge in [-0.3, -0.25) is 10.1 Å². The number of oxime groups is 1. The smallest absolute Gasteiger partial charge is 0.270 e. The molecule has 6 heteroatoms. The number of nitro groups is 1. The molecule has 1 aliphatic heterocycles. The molecule has 1 aromatic carbocycles. The Hall–Kier alpha value is -2.21. The average Bonchev–Trinajstić information content (AvgIpc) is 2.73. The van der Waals surface area contributed by atoms with Crippen molar-refractivity contribution in [2.75, 3.05) is 0 Å². The first kappa shape index (κ1) is 11.3. The van der Waals surface area contributed by atoms with Crippen LogP contribution in [0.15, 0.2) is 42.1 Å². The normalized spacial score (nSPS) is 22.8. The zero-order chi connectivity index (χ0) is 12.5. The maximum Gasteiger partial charge on any atom is 0.270 e. The Morgan fingerprint density at radius 2 is 2.41 bits per heavy atom. The minimum Gasteiger partial charge on any atom is -0.355 e. The molecular formula is C11H10N2O4. The Balaban J connectivity index is 2.28.